The number of esters is 1. The highest BCUT2D eigenvalue weighted by Crippen LogP contribution is 2.32. The fourth-order valence-corrected chi connectivity index (χ4v) is 2.58. The zero-order valence-corrected chi connectivity index (χ0v) is 16.4. The van der Waals surface area contributed by atoms with E-state index in [0.717, 1.165) is 0 Å². The van der Waals surface area contributed by atoms with Gasteiger partial charge in [-0.3, -0.25) is 4.79 Å². The van der Waals surface area contributed by atoms with Gasteiger partial charge in [0.1, 0.15) is 12.3 Å². The summed E-state index contributed by atoms with van der Waals surface area (Å²) in [6.07, 6.45) is 1.60. The van der Waals surface area contributed by atoms with Crippen LogP contribution in [0.15, 0.2) is 12.3 Å². The molecule has 0 spiro atoms. The Morgan fingerprint density at radius 1 is 1.37 bits per heavy atom. The molecule has 0 aliphatic carbocycles. The van der Waals surface area contributed by atoms with Crippen LogP contribution >= 0.6 is 0 Å². The monoisotopic (exact) mass is 378 g/mol. The molecule has 0 aromatic carbocycles. The molecule has 0 saturated heterocycles. The number of hydrogen-bond acceptors (Lipinski definition) is 7. The van der Waals surface area contributed by atoms with E-state index in [1.54, 1.807) is 37.7 Å². The number of anilines is 2. The van der Waals surface area contributed by atoms with Crippen LogP contribution in [-0.4, -0.2) is 59.0 Å². The van der Waals surface area contributed by atoms with Crippen molar-refractivity contribution in [1.29, 1.82) is 0 Å². The zero-order valence-electron chi connectivity index (χ0n) is 16.4. The first kappa shape index (κ1) is 20.7. The standard InChI is InChI=1S/C18H26N4O5/c1-10(18(2,3)25)20-11-7-12-14(21-13(23)9-26-5)15(17(24)27-6)22(4)16(12)19-8-11/h7-8,10,20,25H,9H2,1-6H3,(H,21,23)/t10-/m1/s1. The molecule has 0 aliphatic rings. The van der Waals surface area contributed by atoms with Crippen LogP contribution in [0.25, 0.3) is 11.0 Å². The fraction of sp³-hybridized carbons (Fsp3) is 0.500. The normalized spacial score (nSPS) is 12.7. The number of rotatable bonds is 7. The Morgan fingerprint density at radius 3 is 2.59 bits per heavy atom. The number of aliphatic hydroxyl groups is 1. The van der Waals surface area contributed by atoms with Crippen molar-refractivity contribution < 1.29 is 24.2 Å². The summed E-state index contributed by atoms with van der Waals surface area (Å²) in [7, 11) is 4.35. The molecule has 0 unspecified atom stereocenters. The number of amides is 1. The van der Waals surface area contributed by atoms with Crippen LogP contribution < -0.4 is 10.6 Å². The number of pyridine rings is 1. The molecule has 2 aromatic rings. The third-order valence-corrected chi connectivity index (χ3v) is 4.39. The van der Waals surface area contributed by atoms with E-state index in [1.165, 1.54) is 14.2 Å². The summed E-state index contributed by atoms with van der Waals surface area (Å²) in [6.45, 7) is 5.09. The SMILES string of the molecule is COCC(=O)Nc1c(C(=O)OC)n(C)c2ncc(N[C@H](C)C(C)(C)O)cc12. The minimum Gasteiger partial charge on any atom is -0.464 e. The van der Waals surface area contributed by atoms with E-state index < -0.39 is 17.5 Å². The second-order valence-electron chi connectivity index (χ2n) is 6.87. The van der Waals surface area contributed by atoms with Gasteiger partial charge in [0, 0.05) is 19.5 Å². The summed E-state index contributed by atoms with van der Waals surface area (Å²) in [5, 5.41) is 16.6. The van der Waals surface area contributed by atoms with Crippen molar-refractivity contribution in [3.8, 4) is 0 Å². The molecule has 0 fully saturated rings. The minimum atomic E-state index is -0.946. The van der Waals surface area contributed by atoms with E-state index in [4.69, 9.17) is 9.47 Å². The molecule has 2 aromatic heterocycles. The molecule has 27 heavy (non-hydrogen) atoms. The van der Waals surface area contributed by atoms with Gasteiger partial charge in [0.2, 0.25) is 5.91 Å². The van der Waals surface area contributed by atoms with Gasteiger partial charge in [0.25, 0.3) is 0 Å². The van der Waals surface area contributed by atoms with E-state index in [0.29, 0.717) is 22.4 Å². The van der Waals surface area contributed by atoms with Crippen LogP contribution in [0.3, 0.4) is 0 Å². The summed E-state index contributed by atoms with van der Waals surface area (Å²) < 4.78 is 11.3. The summed E-state index contributed by atoms with van der Waals surface area (Å²) in [4.78, 5) is 28.7. The Morgan fingerprint density at radius 2 is 2.04 bits per heavy atom. The predicted octanol–water partition coefficient (Wildman–Crippen LogP) is 1.52. The maximum atomic E-state index is 12.3. The number of nitrogens with one attached hydrogen (secondary N) is 2. The predicted molar refractivity (Wildman–Crippen MR) is 102 cm³/mol. The first-order chi connectivity index (χ1) is 12.6. The molecule has 148 valence electrons. The number of aromatic nitrogens is 2. The lowest BCUT2D eigenvalue weighted by Gasteiger charge is -2.27. The first-order valence-corrected chi connectivity index (χ1v) is 8.44. The van der Waals surface area contributed by atoms with Gasteiger partial charge in [-0.2, -0.15) is 0 Å². The maximum absolute atomic E-state index is 12.3. The molecule has 9 nitrogen and oxygen atoms in total. The highest BCUT2D eigenvalue weighted by atomic mass is 16.5. The van der Waals surface area contributed by atoms with E-state index in [-0.39, 0.29) is 18.3 Å². The van der Waals surface area contributed by atoms with Gasteiger partial charge < -0.3 is 29.8 Å². The number of carbonyl (C=O) groups excluding carboxylic acids is 2. The zero-order chi connectivity index (χ0) is 20.4. The number of methoxy groups -OCH3 is 2. The van der Waals surface area contributed by atoms with Crippen LogP contribution in [0.5, 0.6) is 0 Å². The lowest BCUT2D eigenvalue weighted by atomic mass is 10.0. The van der Waals surface area contributed by atoms with Crippen LogP contribution in [0.4, 0.5) is 11.4 Å². The second kappa shape index (κ2) is 7.93. The van der Waals surface area contributed by atoms with Crippen molar-refractivity contribution in [2.24, 2.45) is 7.05 Å². The number of aryl methyl sites for hydroxylation is 1. The van der Waals surface area contributed by atoms with Crippen molar-refractivity contribution in [2.45, 2.75) is 32.4 Å². The summed E-state index contributed by atoms with van der Waals surface area (Å²) in [5.41, 5.74) is 0.676. The van der Waals surface area contributed by atoms with E-state index in [2.05, 4.69) is 15.6 Å². The topological polar surface area (TPSA) is 115 Å². The molecular weight excluding hydrogens is 352 g/mol. The Kier molecular flexibility index (Phi) is 6.07. The lowest BCUT2D eigenvalue weighted by Crippen LogP contribution is -2.39. The third-order valence-electron chi connectivity index (χ3n) is 4.39. The van der Waals surface area contributed by atoms with E-state index in [9.17, 15) is 14.7 Å². The van der Waals surface area contributed by atoms with E-state index in [1.807, 2.05) is 6.92 Å². The van der Waals surface area contributed by atoms with Gasteiger partial charge in [0.05, 0.1) is 36.3 Å². The molecule has 0 saturated carbocycles. The molecule has 0 radical (unpaired) electrons. The molecule has 3 N–H and O–H groups in total. The van der Waals surface area contributed by atoms with Gasteiger partial charge in [-0.05, 0) is 26.8 Å². The lowest BCUT2D eigenvalue weighted by molar-refractivity contribution is -0.119. The number of fused-ring (bicyclic) bond motifs is 1. The van der Waals surface area contributed by atoms with Gasteiger partial charge in [-0.25, -0.2) is 9.78 Å². The van der Waals surface area contributed by atoms with Crippen LogP contribution in [0.2, 0.25) is 0 Å². The maximum Gasteiger partial charge on any atom is 0.356 e. The highest BCUT2D eigenvalue weighted by Gasteiger charge is 2.26. The van der Waals surface area contributed by atoms with Gasteiger partial charge >= 0.3 is 5.97 Å². The van der Waals surface area contributed by atoms with Crippen LogP contribution in [0, 0.1) is 0 Å². The fourth-order valence-electron chi connectivity index (χ4n) is 2.58. The Bertz CT molecular complexity index is 854. The molecule has 0 bridgehead atoms. The van der Waals surface area contributed by atoms with Crippen molar-refractivity contribution in [3.63, 3.8) is 0 Å². The van der Waals surface area contributed by atoms with Gasteiger partial charge in [-0.15, -0.1) is 0 Å². The third kappa shape index (κ3) is 4.37. The van der Waals surface area contributed by atoms with Crippen LogP contribution in [-0.2, 0) is 21.3 Å². The average molecular weight is 378 g/mol. The van der Waals surface area contributed by atoms with Crippen molar-refractivity contribution in [2.75, 3.05) is 31.5 Å². The quantitative estimate of drug-likeness (QED) is 0.626. The molecule has 1 atom stereocenters. The molecule has 2 rings (SSSR count). The van der Waals surface area contributed by atoms with Crippen molar-refractivity contribution in [3.05, 3.63) is 18.0 Å². The number of nitrogens with zero attached hydrogens (tertiary/aromatic N) is 2. The van der Waals surface area contributed by atoms with Crippen LogP contribution in [0.1, 0.15) is 31.3 Å². The summed E-state index contributed by atoms with van der Waals surface area (Å²) >= 11 is 0. The van der Waals surface area contributed by atoms with Crippen molar-refractivity contribution in [1.82, 2.24) is 9.55 Å². The number of hydrogen-bond donors (Lipinski definition) is 3. The van der Waals surface area contributed by atoms with Gasteiger partial charge in [-0.1, -0.05) is 0 Å². The van der Waals surface area contributed by atoms with Crippen molar-refractivity contribution >= 4 is 34.3 Å². The smallest absolute Gasteiger partial charge is 0.356 e. The molecular formula is C18H26N4O5. The second-order valence-corrected chi connectivity index (χ2v) is 6.87. The molecule has 9 heteroatoms. The van der Waals surface area contributed by atoms with Gasteiger partial charge in [0.15, 0.2) is 5.69 Å². The number of ether oxygens (including phenoxy) is 2. The van der Waals surface area contributed by atoms with E-state index >= 15 is 0 Å². The minimum absolute atomic E-state index is 0.155. The molecule has 1 amide bonds. The average Bonchev–Trinajstić information content (AvgIpc) is 2.85. The molecule has 0 aliphatic heterocycles. The summed E-state index contributed by atoms with van der Waals surface area (Å²) in [5.74, 6) is -0.999. The highest BCUT2D eigenvalue weighted by molar-refractivity contribution is 6.11. The first-order valence-electron chi connectivity index (χ1n) is 8.44. The Hall–Kier alpha value is -2.65. The largest absolute Gasteiger partial charge is 0.464 e. The Labute approximate surface area is 157 Å². The summed E-state index contributed by atoms with van der Waals surface area (Å²) in [6, 6.07) is 1.51. The number of carbonyl (C=O) groups is 2. The molecule has 2 heterocycles. The Balaban J connectivity index is 2.57.